The standard InChI is InChI=1S/C20H26N6O3/c27-19(24-16-6-9-21-10-7-16)17-4-1-5-18(25-17)23-12-11-22-15-3-2-13-26(14-8-15)20(28)29/h1,4-7,9-10,15,22H,2-3,8,11-14H2,(H,23,25)(H,28,29)(H,21,24,27). The number of carbonyl (C=O) groups is 2. The summed E-state index contributed by atoms with van der Waals surface area (Å²) in [7, 11) is 0. The molecule has 0 aliphatic carbocycles. The molecule has 3 heterocycles. The van der Waals surface area contributed by atoms with Crippen molar-refractivity contribution >= 4 is 23.5 Å². The van der Waals surface area contributed by atoms with Gasteiger partial charge in [-0.05, 0) is 43.5 Å². The zero-order valence-corrected chi connectivity index (χ0v) is 16.2. The lowest BCUT2D eigenvalue weighted by Gasteiger charge is -2.18. The summed E-state index contributed by atoms with van der Waals surface area (Å²) in [6.45, 7) is 2.55. The highest BCUT2D eigenvalue weighted by Gasteiger charge is 2.19. The van der Waals surface area contributed by atoms with Crippen molar-refractivity contribution in [3.8, 4) is 0 Å². The number of hydrogen-bond acceptors (Lipinski definition) is 6. The Bertz CT molecular complexity index is 817. The van der Waals surface area contributed by atoms with Crippen LogP contribution >= 0.6 is 0 Å². The predicted octanol–water partition coefficient (Wildman–Crippen LogP) is 2.26. The molecule has 29 heavy (non-hydrogen) atoms. The van der Waals surface area contributed by atoms with Crippen molar-refractivity contribution in [1.82, 2.24) is 20.2 Å². The van der Waals surface area contributed by atoms with Gasteiger partial charge in [0.05, 0.1) is 0 Å². The highest BCUT2D eigenvalue weighted by Crippen LogP contribution is 2.11. The van der Waals surface area contributed by atoms with Gasteiger partial charge in [-0.25, -0.2) is 9.78 Å². The molecular formula is C20H26N6O3. The number of nitrogens with zero attached hydrogens (tertiary/aromatic N) is 3. The zero-order valence-electron chi connectivity index (χ0n) is 16.2. The van der Waals surface area contributed by atoms with E-state index in [1.165, 1.54) is 4.90 Å². The molecule has 2 amide bonds. The largest absolute Gasteiger partial charge is 0.465 e. The number of aromatic nitrogens is 2. The average molecular weight is 398 g/mol. The number of pyridine rings is 2. The molecule has 1 aliphatic heterocycles. The summed E-state index contributed by atoms with van der Waals surface area (Å²) in [6.07, 6.45) is 5.03. The third kappa shape index (κ3) is 6.42. The summed E-state index contributed by atoms with van der Waals surface area (Å²) in [5.74, 6) is 0.353. The Morgan fingerprint density at radius 1 is 1.10 bits per heavy atom. The summed E-state index contributed by atoms with van der Waals surface area (Å²) in [5.41, 5.74) is 0.997. The van der Waals surface area contributed by atoms with Crippen molar-refractivity contribution in [2.24, 2.45) is 0 Å². The molecule has 2 aromatic heterocycles. The summed E-state index contributed by atoms with van der Waals surface area (Å²) >= 11 is 0. The van der Waals surface area contributed by atoms with Gasteiger partial charge < -0.3 is 26.0 Å². The van der Waals surface area contributed by atoms with Crippen molar-refractivity contribution in [3.05, 3.63) is 48.4 Å². The number of carboxylic acid groups (broad SMARTS) is 1. The average Bonchev–Trinajstić information content (AvgIpc) is 2.98. The second kappa shape index (κ2) is 10.4. The lowest BCUT2D eigenvalue weighted by Crippen LogP contribution is -2.35. The van der Waals surface area contributed by atoms with Crippen molar-refractivity contribution in [2.45, 2.75) is 25.3 Å². The van der Waals surface area contributed by atoms with E-state index in [1.54, 1.807) is 36.7 Å². The number of rotatable bonds is 7. The molecule has 0 saturated carbocycles. The van der Waals surface area contributed by atoms with E-state index in [-0.39, 0.29) is 5.91 Å². The van der Waals surface area contributed by atoms with E-state index in [2.05, 4.69) is 25.9 Å². The first kappa shape index (κ1) is 20.5. The number of likely N-dealkylation sites (tertiary alicyclic amines) is 1. The van der Waals surface area contributed by atoms with Crippen LogP contribution in [0.5, 0.6) is 0 Å². The molecule has 9 heteroatoms. The fourth-order valence-corrected chi connectivity index (χ4v) is 3.25. The molecule has 1 saturated heterocycles. The highest BCUT2D eigenvalue weighted by atomic mass is 16.4. The number of hydrogen-bond donors (Lipinski definition) is 4. The van der Waals surface area contributed by atoms with Crippen LogP contribution in [-0.4, -0.2) is 64.2 Å². The van der Waals surface area contributed by atoms with Crippen LogP contribution in [0.3, 0.4) is 0 Å². The molecular weight excluding hydrogens is 372 g/mol. The quantitative estimate of drug-likeness (QED) is 0.528. The first-order valence-electron chi connectivity index (χ1n) is 9.75. The molecule has 9 nitrogen and oxygen atoms in total. The number of amides is 2. The topological polar surface area (TPSA) is 119 Å². The van der Waals surface area contributed by atoms with Gasteiger partial charge in [-0.2, -0.15) is 0 Å². The van der Waals surface area contributed by atoms with Crippen molar-refractivity contribution < 1.29 is 14.7 Å². The molecule has 1 fully saturated rings. The molecule has 0 bridgehead atoms. The van der Waals surface area contributed by atoms with Crippen LogP contribution in [0.25, 0.3) is 0 Å². The Morgan fingerprint density at radius 3 is 2.72 bits per heavy atom. The van der Waals surface area contributed by atoms with Crippen molar-refractivity contribution in [3.63, 3.8) is 0 Å². The molecule has 0 spiro atoms. The highest BCUT2D eigenvalue weighted by molar-refractivity contribution is 6.03. The lowest BCUT2D eigenvalue weighted by molar-refractivity contribution is 0.102. The maximum absolute atomic E-state index is 12.3. The van der Waals surface area contributed by atoms with Gasteiger partial charge >= 0.3 is 6.09 Å². The molecule has 1 atom stereocenters. The SMILES string of the molecule is O=C(Nc1ccncc1)c1cccc(NCCNC2CCCN(C(=O)O)CC2)n1. The monoisotopic (exact) mass is 398 g/mol. The molecule has 1 aliphatic rings. The summed E-state index contributed by atoms with van der Waals surface area (Å²) in [4.78, 5) is 33.2. The molecule has 0 aromatic carbocycles. The molecule has 3 rings (SSSR count). The van der Waals surface area contributed by atoms with Crippen LogP contribution in [0.15, 0.2) is 42.7 Å². The molecule has 2 aromatic rings. The van der Waals surface area contributed by atoms with E-state index in [0.29, 0.717) is 42.9 Å². The van der Waals surface area contributed by atoms with E-state index in [1.807, 2.05) is 6.07 Å². The minimum atomic E-state index is -0.841. The van der Waals surface area contributed by atoms with Crippen molar-refractivity contribution in [1.29, 1.82) is 0 Å². The Kier molecular flexibility index (Phi) is 7.34. The van der Waals surface area contributed by atoms with E-state index < -0.39 is 6.09 Å². The number of carbonyl (C=O) groups excluding carboxylic acids is 1. The smallest absolute Gasteiger partial charge is 0.407 e. The van der Waals surface area contributed by atoms with Crippen LogP contribution in [0.4, 0.5) is 16.3 Å². The summed E-state index contributed by atoms with van der Waals surface area (Å²) < 4.78 is 0. The van der Waals surface area contributed by atoms with Gasteiger partial charge in [0.1, 0.15) is 11.5 Å². The van der Waals surface area contributed by atoms with Gasteiger partial charge in [0.25, 0.3) is 5.91 Å². The van der Waals surface area contributed by atoms with Crippen LogP contribution in [0.1, 0.15) is 29.8 Å². The van der Waals surface area contributed by atoms with Gasteiger partial charge in [0.15, 0.2) is 0 Å². The van der Waals surface area contributed by atoms with Crippen LogP contribution in [0, 0.1) is 0 Å². The predicted molar refractivity (Wildman–Crippen MR) is 110 cm³/mol. The fourth-order valence-electron chi connectivity index (χ4n) is 3.25. The third-order valence-electron chi connectivity index (χ3n) is 4.78. The van der Waals surface area contributed by atoms with E-state index >= 15 is 0 Å². The Labute approximate surface area is 169 Å². The first-order chi connectivity index (χ1) is 14.1. The summed E-state index contributed by atoms with van der Waals surface area (Å²) in [6, 6.07) is 9.02. The van der Waals surface area contributed by atoms with Gasteiger partial charge in [-0.3, -0.25) is 9.78 Å². The number of nitrogens with one attached hydrogen (secondary N) is 3. The molecule has 4 N–H and O–H groups in total. The molecule has 154 valence electrons. The van der Waals surface area contributed by atoms with Gasteiger partial charge in [-0.1, -0.05) is 6.07 Å². The van der Waals surface area contributed by atoms with E-state index in [0.717, 1.165) is 25.8 Å². The van der Waals surface area contributed by atoms with Crippen LogP contribution in [0.2, 0.25) is 0 Å². The summed E-state index contributed by atoms with van der Waals surface area (Å²) in [5, 5.41) is 18.6. The normalized spacial score (nSPS) is 16.7. The second-order valence-electron chi connectivity index (χ2n) is 6.88. The second-order valence-corrected chi connectivity index (χ2v) is 6.88. The van der Waals surface area contributed by atoms with Crippen LogP contribution < -0.4 is 16.0 Å². The third-order valence-corrected chi connectivity index (χ3v) is 4.78. The molecule has 0 radical (unpaired) electrons. The lowest BCUT2D eigenvalue weighted by atomic mass is 10.1. The Hall–Kier alpha value is -3.20. The Balaban J connectivity index is 1.42. The van der Waals surface area contributed by atoms with Crippen molar-refractivity contribution in [2.75, 3.05) is 36.8 Å². The van der Waals surface area contributed by atoms with Gasteiger partial charge in [0, 0.05) is 50.3 Å². The minimum absolute atomic E-state index is 0.278. The van der Waals surface area contributed by atoms with Gasteiger partial charge in [0.2, 0.25) is 0 Å². The van der Waals surface area contributed by atoms with E-state index in [9.17, 15) is 9.59 Å². The Morgan fingerprint density at radius 2 is 1.93 bits per heavy atom. The minimum Gasteiger partial charge on any atom is -0.465 e. The maximum atomic E-state index is 12.3. The van der Waals surface area contributed by atoms with Crippen LogP contribution in [-0.2, 0) is 0 Å². The zero-order chi connectivity index (χ0) is 20.5. The van der Waals surface area contributed by atoms with E-state index in [4.69, 9.17) is 5.11 Å². The molecule has 1 unspecified atom stereocenters. The maximum Gasteiger partial charge on any atom is 0.407 e. The fraction of sp³-hybridized carbons (Fsp3) is 0.400. The first-order valence-corrected chi connectivity index (χ1v) is 9.75. The van der Waals surface area contributed by atoms with Gasteiger partial charge in [-0.15, -0.1) is 0 Å². The number of anilines is 2.